The first-order chi connectivity index (χ1) is 17.7. The first kappa shape index (κ1) is 27.5. The first-order valence-electron chi connectivity index (χ1n) is 12.4. The van der Waals surface area contributed by atoms with Gasteiger partial charge in [-0.3, -0.25) is 14.4 Å². The van der Waals surface area contributed by atoms with Gasteiger partial charge >= 0.3 is 5.97 Å². The van der Waals surface area contributed by atoms with E-state index in [1.807, 2.05) is 50.2 Å². The summed E-state index contributed by atoms with van der Waals surface area (Å²) in [5.41, 5.74) is 2.66. The van der Waals surface area contributed by atoms with E-state index in [-0.39, 0.29) is 23.5 Å². The van der Waals surface area contributed by atoms with E-state index in [4.69, 9.17) is 4.74 Å². The minimum absolute atomic E-state index is 0.0928. The number of carbonyl (C=O) groups excluding carboxylic acids is 1. The van der Waals surface area contributed by atoms with Crippen LogP contribution in [0.4, 0.5) is 0 Å². The number of carboxylic acid groups (broad SMARTS) is 1. The summed E-state index contributed by atoms with van der Waals surface area (Å²) in [4.78, 5) is 38.8. The molecule has 0 saturated carbocycles. The van der Waals surface area contributed by atoms with Gasteiger partial charge in [0.05, 0.1) is 19.6 Å². The lowest BCUT2D eigenvalue weighted by atomic mass is 10.0. The zero-order valence-corrected chi connectivity index (χ0v) is 21.4. The molecule has 0 aliphatic rings. The van der Waals surface area contributed by atoms with Crippen LogP contribution in [0.1, 0.15) is 66.9 Å². The van der Waals surface area contributed by atoms with Gasteiger partial charge in [-0.2, -0.15) is 0 Å². The average Bonchev–Trinajstić information content (AvgIpc) is 2.87. The summed E-state index contributed by atoms with van der Waals surface area (Å²) in [6, 6.07) is 14.3. The van der Waals surface area contributed by atoms with E-state index in [1.54, 1.807) is 12.3 Å². The van der Waals surface area contributed by atoms with Crippen LogP contribution in [0.5, 0.6) is 11.5 Å². The zero-order valence-electron chi connectivity index (χ0n) is 21.4. The van der Waals surface area contributed by atoms with Gasteiger partial charge in [0, 0.05) is 18.2 Å². The number of amides is 1. The Morgan fingerprint density at radius 3 is 2.49 bits per heavy atom. The quantitative estimate of drug-likeness (QED) is 0.332. The lowest BCUT2D eigenvalue weighted by Crippen LogP contribution is -2.40. The molecule has 1 heterocycles. The number of nitrogens with one attached hydrogen (secondary N) is 1. The molecule has 0 spiro atoms. The lowest BCUT2D eigenvalue weighted by molar-refractivity contribution is -0.138. The number of aliphatic carboxylic acids is 1. The molecule has 0 radical (unpaired) electrons. The molecule has 0 bridgehead atoms. The standard InChI is InChI=1S/C29H34N2O6/c1-4-5-11-24(31-18-19(2)14-22(29(31)36)15-20-9-7-6-8-10-20)28(35)30-23(17-27(33)34)21-12-13-25(32)26(16-21)37-3/h6-10,12-14,16,18,23-24,32H,4-5,11,15,17H2,1-3H3,(H,30,35)(H,33,34)/t23-,24?/m0/s1. The van der Waals surface area contributed by atoms with E-state index in [0.717, 1.165) is 17.5 Å². The maximum Gasteiger partial charge on any atom is 0.305 e. The van der Waals surface area contributed by atoms with Crippen molar-refractivity contribution >= 4 is 11.9 Å². The van der Waals surface area contributed by atoms with Gasteiger partial charge in [-0.15, -0.1) is 0 Å². The van der Waals surface area contributed by atoms with Gasteiger partial charge < -0.3 is 24.8 Å². The minimum Gasteiger partial charge on any atom is -0.504 e. The molecule has 3 rings (SSSR count). The van der Waals surface area contributed by atoms with Crippen LogP contribution in [-0.2, 0) is 16.0 Å². The highest BCUT2D eigenvalue weighted by Crippen LogP contribution is 2.30. The molecule has 0 fully saturated rings. The number of pyridine rings is 1. The number of methoxy groups -OCH3 is 1. The molecule has 8 heteroatoms. The van der Waals surface area contributed by atoms with Crippen molar-refractivity contribution in [1.82, 2.24) is 9.88 Å². The van der Waals surface area contributed by atoms with E-state index in [0.29, 0.717) is 30.4 Å². The van der Waals surface area contributed by atoms with Gasteiger partial charge in [0.1, 0.15) is 6.04 Å². The highest BCUT2D eigenvalue weighted by atomic mass is 16.5. The topological polar surface area (TPSA) is 118 Å². The number of nitrogens with zero attached hydrogens (tertiary/aromatic N) is 1. The van der Waals surface area contributed by atoms with Crippen LogP contribution >= 0.6 is 0 Å². The zero-order chi connectivity index (χ0) is 26.9. The second-order valence-corrected chi connectivity index (χ2v) is 9.17. The number of rotatable bonds is 12. The van der Waals surface area contributed by atoms with Crippen molar-refractivity contribution in [2.45, 2.75) is 58.0 Å². The number of aryl methyl sites for hydroxylation is 1. The molecule has 0 aliphatic heterocycles. The molecule has 1 aromatic heterocycles. The van der Waals surface area contributed by atoms with E-state index in [1.165, 1.54) is 23.8 Å². The van der Waals surface area contributed by atoms with Crippen LogP contribution in [0.15, 0.2) is 65.6 Å². The molecule has 3 N–H and O–H groups in total. The number of benzene rings is 2. The summed E-state index contributed by atoms with van der Waals surface area (Å²) in [5, 5.41) is 22.3. The number of carboxylic acids is 1. The Kier molecular flexibility index (Phi) is 9.49. The molecule has 8 nitrogen and oxygen atoms in total. The Bertz CT molecular complexity index is 1290. The highest BCUT2D eigenvalue weighted by molar-refractivity contribution is 5.81. The summed E-state index contributed by atoms with van der Waals surface area (Å²) >= 11 is 0. The van der Waals surface area contributed by atoms with Crippen LogP contribution in [0.2, 0.25) is 0 Å². The van der Waals surface area contributed by atoms with E-state index < -0.39 is 24.0 Å². The lowest BCUT2D eigenvalue weighted by Gasteiger charge is -2.25. The Morgan fingerprint density at radius 1 is 1.11 bits per heavy atom. The summed E-state index contributed by atoms with van der Waals surface area (Å²) in [6.45, 7) is 3.89. The predicted molar refractivity (Wildman–Crippen MR) is 141 cm³/mol. The summed E-state index contributed by atoms with van der Waals surface area (Å²) in [5.74, 6) is -1.46. The molecule has 2 atom stereocenters. The van der Waals surface area contributed by atoms with Crippen molar-refractivity contribution in [2.75, 3.05) is 7.11 Å². The number of phenolic OH excluding ortho intramolecular Hbond substituents is 1. The minimum atomic E-state index is -1.10. The monoisotopic (exact) mass is 506 g/mol. The van der Waals surface area contributed by atoms with Crippen LogP contribution in [-0.4, -0.2) is 33.8 Å². The molecular weight excluding hydrogens is 472 g/mol. The van der Waals surface area contributed by atoms with Crippen molar-refractivity contribution < 1.29 is 24.5 Å². The summed E-state index contributed by atoms with van der Waals surface area (Å²) < 4.78 is 6.63. The number of aromatic hydroxyl groups is 1. The van der Waals surface area contributed by atoms with Gasteiger partial charge in [-0.05, 0) is 48.2 Å². The van der Waals surface area contributed by atoms with Crippen molar-refractivity contribution in [1.29, 1.82) is 0 Å². The number of hydrogen-bond acceptors (Lipinski definition) is 5. The molecule has 196 valence electrons. The number of hydrogen-bond donors (Lipinski definition) is 3. The molecule has 0 saturated heterocycles. The second-order valence-electron chi connectivity index (χ2n) is 9.17. The van der Waals surface area contributed by atoms with Gasteiger partial charge in [-0.25, -0.2) is 0 Å². The van der Waals surface area contributed by atoms with Crippen LogP contribution in [0.25, 0.3) is 0 Å². The van der Waals surface area contributed by atoms with Gasteiger partial charge in [0.2, 0.25) is 5.91 Å². The molecule has 0 aliphatic carbocycles. The summed E-state index contributed by atoms with van der Waals surface area (Å²) in [7, 11) is 1.39. The fourth-order valence-electron chi connectivity index (χ4n) is 4.39. The Balaban J connectivity index is 1.97. The van der Waals surface area contributed by atoms with E-state index in [2.05, 4.69) is 5.32 Å². The van der Waals surface area contributed by atoms with Crippen molar-refractivity contribution in [3.8, 4) is 11.5 Å². The molecular formula is C29H34N2O6. The Hall–Kier alpha value is -4.07. The SMILES string of the molecule is CCCCC(C(=O)N[C@@H](CC(=O)O)c1ccc(O)c(OC)c1)n1cc(C)cc(Cc2ccccc2)c1=O. The van der Waals surface area contributed by atoms with Crippen molar-refractivity contribution in [2.24, 2.45) is 0 Å². The second kappa shape index (κ2) is 12.8. The third kappa shape index (κ3) is 7.22. The average molecular weight is 507 g/mol. The van der Waals surface area contributed by atoms with Gasteiger partial charge in [0.25, 0.3) is 5.56 Å². The van der Waals surface area contributed by atoms with E-state index >= 15 is 0 Å². The maximum atomic E-state index is 13.6. The van der Waals surface area contributed by atoms with Crippen LogP contribution < -0.4 is 15.6 Å². The van der Waals surface area contributed by atoms with E-state index in [9.17, 15) is 24.6 Å². The van der Waals surface area contributed by atoms with Gasteiger partial charge in [-0.1, -0.05) is 56.2 Å². The predicted octanol–water partition coefficient (Wildman–Crippen LogP) is 4.53. The maximum absolute atomic E-state index is 13.6. The third-order valence-corrected chi connectivity index (χ3v) is 6.26. The number of unbranched alkanes of at least 4 members (excludes halogenated alkanes) is 1. The molecule has 2 aromatic carbocycles. The van der Waals surface area contributed by atoms with Gasteiger partial charge in [0.15, 0.2) is 11.5 Å². The van der Waals surface area contributed by atoms with Crippen molar-refractivity contribution in [3.63, 3.8) is 0 Å². The number of aromatic nitrogens is 1. The summed E-state index contributed by atoms with van der Waals surface area (Å²) in [6.07, 6.45) is 3.72. The Labute approximate surface area is 216 Å². The molecule has 1 unspecified atom stereocenters. The molecule has 3 aromatic rings. The van der Waals surface area contributed by atoms with Crippen molar-refractivity contribution in [3.05, 3.63) is 93.4 Å². The normalized spacial score (nSPS) is 12.5. The van der Waals surface area contributed by atoms with Crippen LogP contribution in [0.3, 0.4) is 0 Å². The molecule has 1 amide bonds. The Morgan fingerprint density at radius 2 is 1.84 bits per heavy atom. The smallest absolute Gasteiger partial charge is 0.305 e. The first-order valence-corrected chi connectivity index (χ1v) is 12.4. The fourth-order valence-corrected chi connectivity index (χ4v) is 4.39. The van der Waals surface area contributed by atoms with Crippen LogP contribution in [0, 0.1) is 6.92 Å². The third-order valence-electron chi connectivity index (χ3n) is 6.26. The highest BCUT2D eigenvalue weighted by Gasteiger charge is 2.27. The fraction of sp³-hybridized carbons (Fsp3) is 0.345. The molecule has 37 heavy (non-hydrogen) atoms. The number of carbonyl (C=O) groups is 2. The largest absolute Gasteiger partial charge is 0.504 e. The number of phenols is 1. The number of ether oxygens (including phenoxy) is 1.